The van der Waals surface area contributed by atoms with Gasteiger partial charge >= 0.3 is 0 Å². The average molecular weight is 229 g/mol. The van der Waals surface area contributed by atoms with E-state index in [2.05, 4.69) is 4.90 Å². The smallest absolute Gasteiger partial charge is 0.167 e. The molecule has 2 rings (SSSR count). The molecule has 1 atom stereocenters. The molecule has 1 heterocycles. The number of hydrogen-bond donors (Lipinski definition) is 1. The Labute approximate surface area is 97.5 Å². The zero-order valence-corrected chi connectivity index (χ0v) is 9.94. The van der Waals surface area contributed by atoms with Crippen LogP contribution in [0.3, 0.4) is 0 Å². The van der Waals surface area contributed by atoms with Crippen LogP contribution < -0.4 is 0 Å². The van der Waals surface area contributed by atoms with E-state index in [0.717, 1.165) is 39.1 Å². The van der Waals surface area contributed by atoms with Crippen molar-refractivity contribution in [1.82, 2.24) is 4.90 Å². The minimum Gasteiger partial charge on any atom is -0.379 e. The van der Waals surface area contributed by atoms with Crippen LogP contribution in [0.4, 0.5) is 0 Å². The Balaban J connectivity index is 1.64. The second-order valence-electron chi connectivity index (χ2n) is 4.76. The molecule has 0 spiro atoms. The average Bonchev–Trinajstić information content (AvgIpc) is 2.31. The molecule has 1 saturated carbocycles. The number of aliphatic hydroxyl groups is 1. The van der Waals surface area contributed by atoms with Gasteiger partial charge in [-0.25, -0.2) is 0 Å². The number of aliphatic hydroxyl groups excluding tert-OH is 1. The number of β-amino-alcohol motifs (C(OH)–C–C–N with tert-alkyl or cyclic N) is 1. The lowest BCUT2D eigenvalue weighted by Gasteiger charge is -2.31. The fourth-order valence-corrected chi connectivity index (χ4v) is 2.47. The van der Waals surface area contributed by atoms with Crippen LogP contribution in [0.25, 0.3) is 0 Å². The first-order valence-electron chi connectivity index (χ1n) is 6.48. The summed E-state index contributed by atoms with van der Waals surface area (Å²) in [6, 6.07) is 0. The van der Waals surface area contributed by atoms with E-state index in [1.54, 1.807) is 0 Å². The van der Waals surface area contributed by atoms with Gasteiger partial charge < -0.3 is 14.6 Å². The number of rotatable bonds is 4. The van der Waals surface area contributed by atoms with Gasteiger partial charge in [-0.05, 0) is 12.8 Å². The van der Waals surface area contributed by atoms with E-state index in [0.29, 0.717) is 6.54 Å². The topological polar surface area (TPSA) is 41.9 Å². The molecule has 0 amide bonds. The Morgan fingerprint density at radius 1 is 1.19 bits per heavy atom. The van der Waals surface area contributed by atoms with Crippen LogP contribution in [0.1, 0.15) is 32.1 Å². The summed E-state index contributed by atoms with van der Waals surface area (Å²) >= 11 is 0. The minimum absolute atomic E-state index is 0.282. The van der Waals surface area contributed by atoms with Crippen LogP contribution in [-0.2, 0) is 9.47 Å². The Morgan fingerprint density at radius 3 is 2.56 bits per heavy atom. The molecule has 1 N–H and O–H groups in total. The molecule has 0 aromatic carbocycles. The van der Waals surface area contributed by atoms with Crippen LogP contribution in [0.5, 0.6) is 0 Å². The maximum Gasteiger partial charge on any atom is 0.167 e. The van der Waals surface area contributed by atoms with E-state index >= 15 is 0 Å². The van der Waals surface area contributed by atoms with Crippen LogP contribution in [0.15, 0.2) is 0 Å². The molecular formula is C12H23NO3. The maximum absolute atomic E-state index is 9.85. The maximum atomic E-state index is 9.85. The summed E-state index contributed by atoms with van der Waals surface area (Å²) in [5.41, 5.74) is 0. The normalized spacial score (nSPS) is 26.8. The van der Waals surface area contributed by atoms with Crippen molar-refractivity contribution >= 4 is 0 Å². The summed E-state index contributed by atoms with van der Waals surface area (Å²) in [4.78, 5) is 2.21. The molecule has 0 aromatic heterocycles. The Kier molecular flexibility index (Phi) is 5.03. The van der Waals surface area contributed by atoms with Crippen molar-refractivity contribution in [3.05, 3.63) is 0 Å². The van der Waals surface area contributed by atoms with Crippen LogP contribution in [-0.4, -0.2) is 55.2 Å². The first-order chi connectivity index (χ1) is 7.84. The highest BCUT2D eigenvalue weighted by Crippen LogP contribution is 2.21. The molecule has 0 aromatic rings. The van der Waals surface area contributed by atoms with E-state index in [1.807, 2.05) is 0 Å². The molecule has 0 radical (unpaired) electrons. The molecule has 4 nitrogen and oxygen atoms in total. The van der Waals surface area contributed by atoms with Crippen molar-refractivity contribution in [3.8, 4) is 0 Å². The van der Waals surface area contributed by atoms with Crippen molar-refractivity contribution in [2.24, 2.45) is 0 Å². The van der Waals surface area contributed by atoms with Crippen molar-refractivity contribution in [1.29, 1.82) is 0 Å². The molecule has 0 bridgehead atoms. The fourth-order valence-electron chi connectivity index (χ4n) is 2.47. The van der Waals surface area contributed by atoms with E-state index in [1.165, 1.54) is 19.3 Å². The Bertz CT molecular complexity index is 169. The van der Waals surface area contributed by atoms with Gasteiger partial charge in [0.05, 0.1) is 19.3 Å². The van der Waals surface area contributed by atoms with E-state index in [4.69, 9.17) is 9.47 Å². The van der Waals surface area contributed by atoms with Gasteiger partial charge in [-0.3, -0.25) is 4.90 Å². The first kappa shape index (κ1) is 12.3. The second-order valence-corrected chi connectivity index (χ2v) is 4.76. The third-order valence-electron chi connectivity index (χ3n) is 3.42. The van der Waals surface area contributed by atoms with E-state index < -0.39 is 6.29 Å². The van der Waals surface area contributed by atoms with Crippen molar-refractivity contribution in [3.63, 3.8) is 0 Å². The third-order valence-corrected chi connectivity index (χ3v) is 3.42. The molecule has 2 aliphatic rings. The second kappa shape index (κ2) is 6.55. The fraction of sp³-hybridized carbons (Fsp3) is 1.00. The summed E-state index contributed by atoms with van der Waals surface area (Å²) in [5, 5.41) is 9.85. The summed E-state index contributed by atoms with van der Waals surface area (Å²) in [6.07, 6.45) is 5.69. The number of nitrogens with zero attached hydrogens (tertiary/aromatic N) is 1. The summed E-state index contributed by atoms with van der Waals surface area (Å²) in [5.74, 6) is 0. The van der Waals surface area contributed by atoms with Gasteiger partial charge in [0.25, 0.3) is 0 Å². The predicted octanol–water partition coefficient (Wildman–Crippen LogP) is 0.986. The lowest BCUT2D eigenvalue weighted by Crippen LogP contribution is -2.42. The molecule has 4 heteroatoms. The van der Waals surface area contributed by atoms with Gasteiger partial charge in [0.2, 0.25) is 0 Å². The largest absolute Gasteiger partial charge is 0.379 e. The molecule has 1 aliphatic heterocycles. The highest BCUT2D eigenvalue weighted by molar-refractivity contribution is 4.68. The molecular weight excluding hydrogens is 206 g/mol. The van der Waals surface area contributed by atoms with Gasteiger partial charge in [-0.15, -0.1) is 0 Å². The lowest BCUT2D eigenvalue weighted by atomic mass is 9.98. The van der Waals surface area contributed by atoms with Gasteiger partial charge in [-0.1, -0.05) is 19.3 Å². The molecule has 94 valence electrons. The van der Waals surface area contributed by atoms with Crippen molar-refractivity contribution in [2.45, 2.75) is 44.5 Å². The van der Waals surface area contributed by atoms with Crippen LogP contribution >= 0.6 is 0 Å². The van der Waals surface area contributed by atoms with Crippen LogP contribution in [0, 0.1) is 0 Å². The Hall–Kier alpha value is -0.160. The summed E-state index contributed by atoms with van der Waals surface area (Å²) < 4.78 is 10.9. The van der Waals surface area contributed by atoms with Gasteiger partial charge in [-0.2, -0.15) is 0 Å². The van der Waals surface area contributed by atoms with Crippen molar-refractivity contribution < 1.29 is 14.6 Å². The van der Waals surface area contributed by atoms with Gasteiger partial charge in [0.1, 0.15) is 0 Å². The SMILES string of the molecule is OC(CN1CCOCC1)OC1CCCCC1. The standard InChI is InChI=1S/C12H23NO3/c14-12(10-13-6-8-15-9-7-13)16-11-4-2-1-3-5-11/h11-12,14H,1-10H2. The summed E-state index contributed by atoms with van der Waals surface area (Å²) in [6.45, 7) is 3.99. The van der Waals surface area contributed by atoms with E-state index in [9.17, 15) is 5.11 Å². The number of hydrogen-bond acceptors (Lipinski definition) is 4. The zero-order chi connectivity index (χ0) is 11.2. The quantitative estimate of drug-likeness (QED) is 0.730. The molecule has 1 saturated heterocycles. The summed E-state index contributed by atoms with van der Waals surface area (Å²) in [7, 11) is 0. The number of morpholine rings is 1. The lowest BCUT2D eigenvalue weighted by molar-refractivity contribution is -0.158. The predicted molar refractivity (Wildman–Crippen MR) is 61.2 cm³/mol. The molecule has 1 unspecified atom stereocenters. The highest BCUT2D eigenvalue weighted by Gasteiger charge is 2.20. The van der Waals surface area contributed by atoms with Crippen LogP contribution in [0.2, 0.25) is 0 Å². The highest BCUT2D eigenvalue weighted by atomic mass is 16.6. The zero-order valence-electron chi connectivity index (χ0n) is 9.94. The van der Waals surface area contributed by atoms with E-state index in [-0.39, 0.29) is 6.10 Å². The number of ether oxygens (including phenoxy) is 2. The minimum atomic E-state index is -0.624. The van der Waals surface area contributed by atoms with Gasteiger partial charge in [0.15, 0.2) is 6.29 Å². The third kappa shape index (κ3) is 4.01. The first-order valence-corrected chi connectivity index (χ1v) is 6.48. The van der Waals surface area contributed by atoms with Gasteiger partial charge in [0, 0.05) is 19.6 Å². The molecule has 2 fully saturated rings. The Morgan fingerprint density at radius 2 is 1.88 bits per heavy atom. The van der Waals surface area contributed by atoms with Crippen molar-refractivity contribution in [2.75, 3.05) is 32.8 Å². The molecule has 16 heavy (non-hydrogen) atoms. The molecule has 1 aliphatic carbocycles. The monoisotopic (exact) mass is 229 g/mol.